The Balaban J connectivity index is 2.55. The fourth-order valence-electron chi connectivity index (χ4n) is 1.04. The van der Waals surface area contributed by atoms with Gasteiger partial charge in [0.15, 0.2) is 0 Å². The highest BCUT2D eigenvalue weighted by Gasteiger charge is 2.42. The summed E-state index contributed by atoms with van der Waals surface area (Å²) in [7, 11) is 0. The Kier molecular flexibility index (Phi) is 2.80. The van der Waals surface area contributed by atoms with Gasteiger partial charge in [-0.15, -0.1) is 0 Å². The highest BCUT2D eigenvalue weighted by Crippen LogP contribution is 2.28. The molecule has 0 aliphatic carbocycles. The Morgan fingerprint density at radius 3 is 2.54 bits per heavy atom. The fourth-order valence-corrected chi connectivity index (χ4v) is 1.04. The normalized spacial score (nSPS) is 20.2. The zero-order chi connectivity index (χ0) is 9.90. The first kappa shape index (κ1) is 9.89. The van der Waals surface area contributed by atoms with Crippen molar-refractivity contribution in [1.29, 1.82) is 0 Å². The lowest BCUT2D eigenvalue weighted by atomic mass is 10.0. The first-order valence-electron chi connectivity index (χ1n) is 4.27. The minimum atomic E-state index is -0.910. The predicted octanol–water partition coefficient (Wildman–Crippen LogP) is 1.42. The van der Waals surface area contributed by atoms with E-state index in [0.717, 1.165) is 0 Å². The lowest BCUT2D eigenvalue weighted by Crippen LogP contribution is -2.39. The molecule has 0 saturated heterocycles. The lowest BCUT2D eigenvalue weighted by molar-refractivity contribution is -0.189. The van der Waals surface area contributed by atoms with E-state index in [1.807, 2.05) is 0 Å². The molecule has 0 amide bonds. The molecule has 1 rings (SSSR count). The van der Waals surface area contributed by atoms with Crippen molar-refractivity contribution in [2.45, 2.75) is 26.6 Å². The summed E-state index contributed by atoms with van der Waals surface area (Å²) < 4.78 is 15.2. The molecule has 0 saturated carbocycles. The van der Waals surface area contributed by atoms with Gasteiger partial charge >= 0.3 is 5.97 Å². The molecule has 0 aromatic heterocycles. The van der Waals surface area contributed by atoms with Gasteiger partial charge in [-0.05, 0) is 13.8 Å². The molecular weight excluding hydrogens is 172 g/mol. The molecule has 0 spiro atoms. The van der Waals surface area contributed by atoms with Crippen LogP contribution in [0.5, 0.6) is 0 Å². The van der Waals surface area contributed by atoms with Crippen molar-refractivity contribution in [2.24, 2.45) is 5.92 Å². The summed E-state index contributed by atoms with van der Waals surface area (Å²) in [5.41, 5.74) is 0. The fraction of sp³-hybridized carbons (Fsp3) is 0.667. The second kappa shape index (κ2) is 3.68. The number of esters is 1. The van der Waals surface area contributed by atoms with E-state index in [2.05, 4.69) is 0 Å². The Labute approximate surface area is 77.5 Å². The largest absolute Gasteiger partial charge is 0.466 e. The quantitative estimate of drug-likeness (QED) is 0.625. The van der Waals surface area contributed by atoms with Crippen molar-refractivity contribution < 1.29 is 19.0 Å². The van der Waals surface area contributed by atoms with E-state index >= 15 is 0 Å². The van der Waals surface area contributed by atoms with Crippen molar-refractivity contribution in [1.82, 2.24) is 0 Å². The van der Waals surface area contributed by atoms with Crippen LogP contribution in [0.1, 0.15) is 20.8 Å². The van der Waals surface area contributed by atoms with Gasteiger partial charge in [0.1, 0.15) is 18.4 Å². The summed E-state index contributed by atoms with van der Waals surface area (Å²) in [5.74, 6) is -1.66. The minimum Gasteiger partial charge on any atom is -0.466 e. The van der Waals surface area contributed by atoms with Crippen molar-refractivity contribution in [3.8, 4) is 0 Å². The van der Waals surface area contributed by atoms with Crippen LogP contribution in [-0.2, 0) is 19.0 Å². The number of rotatable bonds is 3. The van der Waals surface area contributed by atoms with Gasteiger partial charge in [-0.3, -0.25) is 4.79 Å². The van der Waals surface area contributed by atoms with Gasteiger partial charge in [-0.25, -0.2) is 0 Å². The summed E-state index contributed by atoms with van der Waals surface area (Å²) in [6.07, 6.45) is 2.85. The van der Waals surface area contributed by atoms with Gasteiger partial charge in [0, 0.05) is 6.92 Å². The SMILES string of the molecule is CCOC(=O)C(C)C1(C)OC=CO1. The highest BCUT2D eigenvalue weighted by atomic mass is 16.7. The van der Waals surface area contributed by atoms with Crippen LogP contribution in [0.4, 0.5) is 0 Å². The Bertz CT molecular complexity index is 214. The summed E-state index contributed by atoms with van der Waals surface area (Å²) >= 11 is 0. The summed E-state index contributed by atoms with van der Waals surface area (Å²) in [6.45, 7) is 5.55. The molecule has 74 valence electrons. The van der Waals surface area contributed by atoms with Gasteiger partial charge in [0.2, 0.25) is 0 Å². The van der Waals surface area contributed by atoms with Gasteiger partial charge in [0.05, 0.1) is 6.61 Å². The van der Waals surface area contributed by atoms with E-state index in [4.69, 9.17) is 14.2 Å². The van der Waals surface area contributed by atoms with Crippen LogP contribution in [0.2, 0.25) is 0 Å². The molecule has 0 radical (unpaired) electrons. The molecule has 1 aliphatic rings. The first-order valence-corrected chi connectivity index (χ1v) is 4.27. The Morgan fingerprint density at radius 2 is 2.08 bits per heavy atom. The summed E-state index contributed by atoms with van der Waals surface area (Å²) in [6, 6.07) is 0. The standard InChI is InChI=1S/C9H14O4/c1-4-11-8(10)7(2)9(3)12-5-6-13-9/h5-7H,4H2,1-3H3. The lowest BCUT2D eigenvalue weighted by Gasteiger charge is -2.27. The third kappa shape index (κ3) is 1.94. The Morgan fingerprint density at radius 1 is 1.54 bits per heavy atom. The van der Waals surface area contributed by atoms with Crippen LogP contribution in [-0.4, -0.2) is 18.4 Å². The average molecular weight is 186 g/mol. The molecule has 13 heavy (non-hydrogen) atoms. The molecule has 1 atom stereocenters. The number of carbonyl (C=O) groups excluding carboxylic acids is 1. The molecule has 1 heterocycles. The number of ether oxygens (including phenoxy) is 3. The summed E-state index contributed by atoms with van der Waals surface area (Å²) in [4.78, 5) is 11.3. The van der Waals surface area contributed by atoms with Crippen LogP contribution in [0.3, 0.4) is 0 Å². The zero-order valence-corrected chi connectivity index (χ0v) is 8.07. The van der Waals surface area contributed by atoms with Crippen LogP contribution in [0.25, 0.3) is 0 Å². The second-order valence-electron chi connectivity index (χ2n) is 3.00. The van der Waals surface area contributed by atoms with Crippen molar-refractivity contribution in [2.75, 3.05) is 6.61 Å². The molecule has 0 aromatic carbocycles. The molecule has 1 aliphatic heterocycles. The first-order chi connectivity index (χ1) is 6.10. The number of hydrogen-bond acceptors (Lipinski definition) is 4. The number of hydrogen-bond donors (Lipinski definition) is 0. The van der Waals surface area contributed by atoms with E-state index in [1.54, 1.807) is 20.8 Å². The van der Waals surface area contributed by atoms with Crippen LogP contribution < -0.4 is 0 Å². The van der Waals surface area contributed by atoms with E-state index in [1.165, 1.54) is 12.5 Å². The van der Waals surface area contributed by atoms with Gasteiger partial charge in [0.25, 0.3) is 5.79 Å². The molecule has 0 bridgehead atoms. The van der Waals surface area contributed by atoms with E-state index in [9.17, 15) is 4.79 Å². The zero-order valence-electron chi connectivity index (χ0n) is 8.07. The predicted molar refractivity (Wildman–Crippen MR) is 45.5 cm³/mol. The van der Waals surface area contributed by atoms with Crippen molar-refractivity contribution in [3.63, 3.8) is 0 Å². The van der Waals surface area contributed by atoms with Crippen LogP contribution in [0, 0.1) is 5.92 Å². The summed E-state index contributed by atoms with van der Waals surface area (Å²) in [5, 5.41) is 0. The molecule has 0 aromatic rings. The van der Waals surface area contributed by atoms with E-state index < -0.39 is 11.7 Å². The minimum absolute atomic E-state index is 0.311. The van der Waals surface area contributed by atoms with Crippen LogP contribution >= 0.6 is 0 Å². The molecule has 4 heteroatoms. The maximum atomic E-state index is 11.3. The Hall–Kier alpha value is -1.19. The third-order valence-corrected chi connectivity index (χ3v) is 2.09. The average Bonchev–Trinajstić information content (AvgIpc) is 2.52. The van der Waals surface area contributed by atoms with Gasteiger partial charge < -0.3 is 14.2 Å². The van der Waals surface area contributed by atoms with Crippen molar-refractivity contribution >= 4 is 5.97 Å². The van der Waals surface area contributed by atoms with Crippen LogP contribution in [0.15, 0.2) is 12.5 Å². The topological polar surface area (TPSA) is 44.8 Å². The van der Waals surface area contributed by atoms with Gasteiger partial charge in [-0.2, -0.15) is 0 Å². The molecule has 0 fully saturated rings. The van der Waals surface area contributed by atoms with E-state index in [0.29, 0.717) is 6.61 Å². The van der Waals surface area contributed by atoms with Crippen molar-refractivity contribution in [3.05, 3.63) is 12.5 Å². The maximum absolute atomic E-state index is 11.3. The monoisotopic (exact) mass is 186 g/mol. The van der Waals surface area contributed by atoms with E-state index in [-0.39, 0.29) is 5.97 Å². The molecule has 4 nitrogen and oxygen atoms in total. The molecular formula is C9H14O4. The maximum Gasteiger partial charge on any atom is 0.316 e. The number of carbonyl (C=O) groups is 1. The molecule has 1 unspecified atom stereocenters. The second-order valence-corrected chi connectivity index (χ2v) is 3.00. The smallest absolute Gasteiger partial charge is 0.316 e. The highest BCUT2D eigenvalue weighted by molar-refractivity contribution is 5.73. The van der Waals surface area contributed by atoms with Gasteiger partial charge in [-0.1, -0.05) is 0 Å². The molecule has 0 N–H and O–H groups in total. The third-order valence-electron chi connectivity index (χ3n) is 2.09.